The van der Waals surface area contributed by atoms with Crippen molar-refractivity contribution in [2.24, 2.45) is 0 Å². The largest absolute Gasteiger partial charge is 0.352 e. The number of nitrogens with one attached hydrogen (secondary N) is 1. The third-order valence-corrected chi connectivity index (χ3v) is 7.89. The molecule has 3 aromatic rings. The lowest BCUT2D eigenvalue weighted by molar-refractivity contribution is -0.140. The van der Waals surface area contributed by atoms with E-state index in [-0.39, 0.29) is 30.8 Å². The predicted molar refractivity (Wildman–Crippen MR) is 162 cm³/mol. The Kier molecular flexibility index (Phi) is 10.8. The molecule has 0 fully saturated rings. The van der Waals surface area contributed by atoms with Crippen LogP contribution in [0.2, 0.25) is 5.02 Å². The highest BCUT2D eigenvalue weighted by Crippen LogP contribution is 2.23. The summed E-state index contributed by atoms with van der Waals surface area (Å²) in [5.74, 6) is -0.531. The third kappa shape index (κ3) is 8.83. The molecule has 2 amide bonds. The second kappa shape index (κ2) is 13.8. The molecule has 3 rings (SSSR count). The van der Waals surface area contributed by atoms with E-state index in [1.165, 1.54) is 4.90 Å². The fraction of sp³-hybridized carbons (Fsp3) is 0.355. The number of rotatable bonds is 12. The Hall–Kier alpha value is -3.36. The summed E-state index contributed by atoms with van der Waals surface area (Å²) in [5.41, 5.74) is 3.09. The summed E-state index contributed by atoms with van der Waals surface area (Å²) < 4.78 is 26.9. The number of hydrogen-bond acceptors (Lipinski definition) is 4. The number of carbonyl (C=O) groups is 2. The molecule has 1 atom stereocenters. The average Bonchev–Trinajstić information content (AvgIpc) is 2.89. The van der Waals surface area contributed by atoms with Crippen LogP contribution in [0.25, 0.3) is 0 Å². The molecule has 0 radical (unpaired) electrons. The van der Waals surface area contributed by atoms with Crippen LogP contribution in [0.1, 0.15) is 50.3 Å². The molecular formula is C31H38ClN3O4S. The number of halogens is 1. The normalized spacial score (nSPS) is 12.3. The van der Waals surface area contributed by atoms with Crippen LogP contribution in [-0.2, 0) is 32.6 Å². The molecule has 0 aromatic heterocycles. The first kappa shape index (κ1) is 31.2. The SMILES string of the molecule is CC(C)NC(=O)[C@@H](Cc1ccccc1)N(Cc1ccc(Cl)cc1)C(=O)CN(c1ccc(C(C)C)cc1)S(C)(=O)=O. The van der Waals surface area contributed by atoms with Gasteiger partial charge in [-0.15, -0.1) is 0 Å². The average molecular weight is 584 g/mol. The van der Waals surface area contributed by atoms with Gasteiger partial charge >= 0.3 is 0 Å². The van der Waals surface area contributed by atoms with Crippen molar-refractivity contribution in [3.63, 3.8) is 0 Å². The van der Waals surface area contributed by atoms with Gasteiger partial charge in [-0.05, 0) is 60.7 Å². The molecule has 40 heavy (non-hydrogen) atoms. The first-order valence-corrected chi connectivity index (χ1v) is 15.5. The van der Waals surface area contributed by atoms with Gasteiger partial charge in [0.05, 0.1) is 11.9 Å². The first-order valence-electron chi connectivity index (χ1n) is 13.3. The molecule has 0 saturated heterocycles. The summed E-state index contributed by atoms with van der Waals surface area (Å²) in [6.45, 7) is 7.47. The van der Waals surface area contributed by atoms with Crippen molar-refractivity contribution in [3.8, 4) is 0 Å². The highest BCUT2D eigenvalue weighted by molar-refractivity contribution is 7.92. The standard InChI is InChI=1S/C31H38ClN3O4S/c1-22(2)26-13-17-28(18-14-26)35(40(5,38)39)21-30(36)34(20-25-11-15-27(32)16-12-25)29(31(37)33-23(3)4)19-24-9-7-6-8-10-24/h6-18,22-23,29H,19-21H2,1-5H3,(H,33,37)/t29-/m1/s1. The van der Waals surface area contributed by atoms with Gasteiger partial charge in [-0.1, -0.05) is 80.0 Å². The van der Waals surface area contributed by atoms with Crippen molar-refractivity contribution in [1.82, 2.24) is 10.2 Å². The van der Waals surface area contributed by atoms with E-state index in [4.69, 9.17) is 11.6 Å². The zero-order valence-corrected chi connectivity index (χ0v) is 25.2. The van der Waals surface area contributed by atoms with Crippen LogP contribution in [0.15, 0.2) is 78.9 Å². The van der Waals surface area contributed by atoms with E-state index in [2.05, 4.69) is 19.2 Å². The van der Waals surface area contributed by atoms with E-state index in [0.717, 1.165) is 27.3 Å². The zero-order chi connectivity index (χ0) is 29.4. The van der Waals surface area contributed by atoms with E-state index in [1.807, 2.05) is 56.3 Å². The highest BCUT2D eigenvalue weighted by Gasteiger charge is 2.33. The zero-order valence-electron chi connectivity index (χ0n) is 23.7. The van der Waals surface area contributed by atoms with Gasteiger partial charge in [0.15, 0.2) is 0 Å². The number of benzene rings is 3. The molecule has 0 heterocycles. The summed E-state index contributed by atoms with van der Waals surface area (Å²) in [4.78, 5) is 29.1. The van der Waals surface area contributed by atoms with Crippen LogP contribution in [0.5, 0.6) is 0 Å². The molecule has 0 aliphatic heterocycles. The van der Waals surface area contributed by atoms with Gasteiger partial charge in [0.25, 0.3) is 0 Å². The molecule has 0 saturated carbocycles. The maximum atomic E-state index is 14.1. The fourth-order valence-electron chi connectivity index (χ4n) is 4.36. The number of hydrogen-bond donors (Lipinski definition) is 1. The highest BCUT2D eigenvalue weighted by atomic mass is 35.5. The molecular weight excluding hydrogens is 546 g/mol. The minimum atomic E-state index is -3.81. The molecule has 0 spiro atoms. The van der Waals surface area contributed by atoms with Gasteiger partial charge in [-0.25, -0.2) is 8.42 Å². The summed E-state index contributed by atoms with van der Waals surface area (Å²) >= 11 is 6.09. The van der Waals surface area contributed by atoms with Crippen LogP contribution in [0, 0.1) is 0 Å². The monoisotopic (exact) mass is 583 g/mol. The molecule has 9 heteroatoms. The van der Waals surface area contributed by atoms with Crippen LogP contribution in [0.3, 0.4) is 0 Å². The Morgan fingerprint density at radius 1 is 0.850 bits per heavy atom. The second-order valence-electron chi connectivity index (χ2n) is 10.5. The Labute approximate surface area is 243 Å². The lowest BCUT2D eigenvalue weighted by Crippen LogP contribution is -2.54. The van der Waals surface area contributed by atoms with E-state index in [1.54, 1.807) is 36.4 Å². The molecule has 0 bridgehead atoms. The van der Waals surface area contributed by atoms with E-state index in [9.17, 15) is 18.0 Å². The van der Waals surface area contributed by atoms with Crippen molar-refractivity contribution < 1.29 is 18.0 Å². The molecule has 0 aliphatic carbocycles. The number of sulfonamides is 1. The van der Waals surface area contributed by atoms with Crippen molar-refractivity contribution in [3.05, 3.63) is 101 Å². The lowest BCUT2D eigenvalue weighted by atomic mass is 10.0. The van der Waals surface area contributed by atoms with Gasteiger partial charge in [-0.2, -0.15) is 0 Å². The van der Waals surface area contributed by atoms with Crippen molar-refractivity contribution in [1.29, 1.82) is 0 Å². The topological polar surface area (TPSA) is 86.8 Å². The summed E-state index contributed by atoms with van der Waals surface area (Å²) in [7, 11) is -3.81. The number of amides is 2. The molecule has 3 aromatic carbocycles. The Morgan fingerprint density at radius 3 is 1.98 bits per heavy atom. The van der Waals surface area contributed by atoms with E-state index < -0.39 is 28.5 Å². The van der Waals surface area contributed by atoms with Gasteiger partial charge in [-0.3, -0.25) is 13.9 Å². The maximum Gasteiger partial charge on any atom is 0.244 e. The van der Waals surface area contributed by atoms with Gasteiger partial charge < -0.3 is 10.2 Å². The second-order valence-corrected chi connectivity index (χ2v) is 12.9. The van der Waals surface area contributed by atoms with Crippen molar-refractivity contribution in [2.75, 3.05) is 17.1 Å². The van der Waals surface area contributed by atoms with Gasteiger partial charge in [0, 0.05) is 24.0 Å². The molecule has 214 valence electrons. The summed E-state index contributed by atoms with van der Waals surface area (Å²) in [6, 6.07) is 22.6. The number of nitrogens with zero attached hydrogens (tertiary/aromatic N) is 2. The molecule has 1 N–H and O–H groups in total. The van der Waals surface area contributed by atoms with Gasteiger partial charge in [0.2, 0.25) is 21.8 Å². The maximum absolute atomic E-state index is 14.1. The van der Waals surface area contributed by atoms with Crippen LogP contribution < -0.4 is 9.62 Å². The van der Waals surface area contributed by atoms with Crippen molar-refractivity contribution >= 4 is 39.1 Å². The molecule has 0 aliphatic rings. The predicted octanol–water partition coefficient (Wildman–Crippen LogP) is 5.39. The minimum Gasteiger partial charge on any atom is -0.352 e. The molecule has 0 unspecified atom stereocenters. The number of anilines is 1. The van der Waals surface area contributed by atoms with E-state index >= 15 is 0 Å². The smallest absolute Gasteiger partial charge is 0.244 e. The summed E-state index contributed by atoms with van der Waals surface area (Å²) in [5, 5.41) is 3.49. The van der Waals surface area contributed by atoms with Gasteiger partial charge in [0.1, 0.15) is 12.6 Å². The Morgan fingerprint density at radius 2 is 1.45 bits per heavy atom. The minimum absolute atomic E-state index is 0.100. The Bertz CT molecular complexity index is 1380. The number of carbonyl (C=O) groups excluding carboxylic acids is 2. The first-order chi connectivity index (χ1) is 18.8. The van der Waals surface area contributed by atoms with Crippen LogP contribution in [-0.4, -0.2) is 50.0 Å². The quantitative estimate of drug-likeness (QED) is 0.309. The Balaban J connectivity index is 2.03. The fourth-order valence-corrected chi connectivity index (χ4v) is 5.34. The summed E-state index contributed by atoms with van der Waals surface area (Å²) in [6.07, 6.45) is 1.34. The third-order valence-electron chi connectivity index (χ3n) is 6.50. The molecule has 7 nitrogen and oxygen atoms in total. The lowest BCUT2D eigenvalue weighted by Gasteiger charge is -2.34. The van der Waals surface area contributed by atoms with Crippen LogP contribution >= 0.6 is 11.6 Å². The van der Waals surface area contributed by atoms with Crippen molar-refractivity contribution in [2.45, 2.75) is 58.7 Å². The van der Waals surface area contributed by atoms with Crippen LogP contribution in [0.4, 0.5) is 5.69 Å². The van der Waals surface area contributed by atoms with E-state index in [0.29, 0.717) is 10.7 Å².